The molecule has 0 aliphatic carbocycles. The number of carbonyl (C=O) groups is 1. The largest absolute Gasteiger partial charge is 0.354 e. The van der Waals surface area contributed by atoms with Crippen LogP contribution in [0.25, 0.3) is 0 Å². The minimum absolute atomic E-state index is 0.0300. The molecule has 2 N–H and O–H groups in total. The Morgan fingerprint density at radius 3 is 2.39 bits per heavy atom. The van der Waals surface area contributed by atoms with E-state index in [1.54, 1.807) is 18.4 Å². The first-order valence-corrected chi connectivity index (χ1v) is 7.10. The van der Waals surface area contributed by atoms with Crippen LogP contribution in [-0.2, 0) is 10.2 Å². The number of amides is 1. The SMILES string of the molecule is CNC(C)(C)C(=O)NCC(C)(C)c1sccc1C. The molecule has 0 unspecified atom stereocenters. The van der Waals surface area contributed by atoms with E-state index in [-0.39, 0.29) is 11.3 Å². The maximum atomic E-state index is 12.0. The summed E-state index contributed by atoms with van der Waals surface area (Å²) in [5.74, 6) is 0.0345. The van der Waals surface area contributed by atoms with Crippen molar-refractivity contribution in [2.45, 2.75) is 45.6 Å². The van der Waals surface area contributed by atoms with Crippen molar-refractivity contribution in [3.8, 4) is 0 Å². The molecule has 0 atom stereocenters. The fraction of sp³-hybridized carbons (Fsp3) is 0.643. The van der Waals surface area contributed by atoms with Crippen molar-refractivity contribution in [3.05, 3.63) is 21.9 Å². The van der Waals surface area contributed by atoms with Gasteiger partial charge in [-0.1, -0.05) is 13.8 Å². The van der Waals surface area contributed by atoms with Crippen molar-refractivity contribution in [2.75, 3.05) is 13.6 Å². The maximum Gasteiger partial charge on any atom is 0.239 e. The van der Waals surface area contributed by atoms with E-state index in [1.807, 2.05) is 13.8 Å². The highest BCUT2D eigenvalue weighted by molar-refractivity contribution is 7.10. The van der Waals surface area contributed by atoms with Gasteiger partial charge in [0.25, 0.3) is 0 Å². The molecular formula is C14H24N2OS. The standard InChI is InChI=1S/C14H24N2OS/c1-10-7-8-18-11(10)13(2,3)9-16-12(17)14(4,5)15-6/h7-8,15H,9H2,1-6H3,(H,16,17). The summed E-state index contributed by atoms with van der Waals surface area (Å²) in [6, 6.07) is 2.13. The normalized spacial score (nSPS) is 12.6. The van der Waals surface area contributed by atoms with Crippen LogP contribution >= 0.6 is 11.3 Å². The van der Waals surface area contributed by atoms with Crippen LogP contribution in [0.4, 0.5) is 0 Å². The van der Waals surface area contributed by atoms with E-state index < -0.39 is 5.54 Å². The first kappa shape index (κ1) is 15.2. The Bertz CT molecular complexity index is 421. The molecule has 0 radical (unpaired) electrons. The fourth-order valence-electron chi connectivity index (χ4n) is 1.78. The molecule has 1 aromatic heterocycles. The molecule has 1 amide bonds. The lowest BCUT2D eigenvalue weighted by Crippen LogP contribution is -2.53. The second-order valence-corrected chi connectivity index (χ2v) is 6.79. The number of likely N-dealkylation sites (N-methyl/N-ethyl adjacent to an activating group) is 1. The molecule has 0 saturated heterocycles. The summed E-state index contributed by atoms with van der Waals surface area (Å²) in [7, 11) is 1.80. The zero-order valence-electron chi connectivity index (χ0n) is 12.2. The molecule has 18 heavy (non-hydrogen) atoms. The van der Waals surface area contributed by atoms with Gasteiger partial charge in [0.05, 0.1) is 5.54 Å². The Kier molecular flexibility index (Phi) is 4.56. The van der Waals surface area contributed by atoms with Crippen molar-refractivity contribution in [1.29, 1.82) is 0 Å². The monoisotopic (exact) mass is 268 g/mol. The Morgan fingerprint density at radius 2 is 1.94 bits per heavy atom. The van der Waals surface area contributed by atoms with Gasteiger partial charge in [0, 0.05) is 16.8 Å². The summed E-state index contributed by atoms with van der Waals surface area (Å²) in [5, 5.41) is 8.15. The number of hydrogen-bond donors (Lipinski definition) is 2. The minimum Gasteiger partial charge on any atom is -0.354 e. The average molecular weight is 268 g/mol. The molecule has 0 aliphatic rings. The van der Waals surface area contributed by atoms with Gasteiger partial charge in [0.2, 0.25) is 5.91 Å². The number of aryl methyl sites for hydroxylation is 1. The topological polar surface area (TPSA) is 41.1 Å². The highest BCUT2D eigenvalue weighted by Crippen LogP contribution is 2.30. The van der Waals surface area contributed by atoms with Gasteiger partial charge in [-0.05, 0) is 44.8 Å². The van der Waals surface area contributed by atoms with Crippen LogP contribution in [0.1, 0.15) is 38.1 Å². The van der Waals surface area contributed by atoms with E-state index in [9.17, 15) is 4.79 Å². The van der Waals surface area contributed by atoms with Gasteiger partial charge in [-0.3, -0.25) is 4.79 Å². The first-order valence-electron chi connectivity index (χ1n) is 6.22. The van der Waals surface area contributed by atoms with Gasteiger partial charge >= 0.3 is 0 Å². The molecular weight excluding hydrogens is 244 g/mol. The summed E-state index contributed by atoms with van der Waals surface area (Å²) in [6.07, 6.45) is 0. The van der Waals surface area contributed by atoms with Crippen LogP contribution < -0.4 is 10.6 Å². The highest BCUT2D eigenvalue weighted by atomic mass is 32.1. The Balaban J connectivity index is 2.69. The number of nitrogens with one attached hydrogen (secondary N) is 2. The van der Waals surface area contributed by atoms with E-state index in [4.69, 9.17) is 0 Å². The lowest BCUT2D eigenvalue weighted by atomic mass is 9.89. The molecule has 1 heterocycles. The van der Waals surface area contributed by atoms with Crippen LogP contribution in [0.3, 0.4) is 0 Å². The van der Waals surface area contributed by atoms with Crippen LogP contribution in [0.15, 0.2) is 11.4 Å². The third kappa shape index (κ3) is 3.33. The quantitative estimate of drug-likeness (QED) is 0.861. The molecule has 0 spiro atoms. The van der Waals surface area contributed by atoms with Crippen molar-refractivity contribution in [2.24, 2.45) is 0 Å². The smallest absolute Gasteiger partial charge is 0.239 e. The minimum atomic E-state index is -0.527. The molecule has 0 aliphatic heterocycles. The third-order valence-corrected chi connectivity index (χ3v) is 4.74. The van der Waals surface area contributed by atoms with Crippen molar-refractivity contribution in [1.82, 2.24) is 10.6 Å². The molecule has 3 nitrogen and oxygen atoms in total. The van der Waals surface area contributed by atoms with Crippen molar-refractivity contribution >= 4 is 17.2 Å². The highest BCUT2D eigenvalue weighted by Gasteiger charge is 2.29. The molecule has 0 aromatic carbocycles. The molecule has 102 valence electrons. The molecule has 1 aromatic rings. The van der Waals surface area contributed by atoms with Gasteiger partial charge in [-0.25, -0.2) is 0 Å². The van der Waals surface area contributed by atoms with Gasteiger partial charge in [0.15, 0.2) is 0 Å². The lowest BCUT2D eigenvalue weighted by molar-refractivity contribution is -0.126. The van der Waals surface area contributed by atoms with E-state index in [2.05, 4.69) is 42.9 Å². The van der Waals surface area contributed by atoms with Crippen LogP contribution in [0.5, 0.6) is 0 Å². The summed E-state index contributed by atoms with van der Waals surface area (Å²) >= 11 is 1.75. The molecule has 0 bridgehead atoms. The predicted octanol–water partition coefficient (Wildman–Crippen LogP) is 2.45. The molecule has 0 saturated carbocycles. The first-order chi connectivity index (χ1) is 8.20. The third-order valence-electron chi connectivity index (χ3n) is 3.36. The number of hydrogen-bond acceptors (Lipinski definition) is 3. The van der Waals surface area contributed by atoms with Crippen LogP contribution in [0.2, 0.25) is 0 Å². The Labute approximate surface area is 114 Å². The zero-order valence-corrected chi connectivity index (χ0v) is 13.0. The number of rotatable bonds is 5. The summed E-state index contributed by atoms with van der Waals surface area (Å²) in [4.78, 5) is 13.4. The Morgan fingerprint density at radius 1 is 1.33 bits per heavy atom. The van der Waals surface area contributed by atoms with Gasteiger partial charge < -0.3 is 10.6 Å². The van der Waals surface area contributed by atoms with Crippen LogP contribution in [-0.4, -0.2) is 25.0 Å². The van der Waals surface area contributed by atoms with E-state index >= 15 is 0 Å². The summed E-state index contributed by atoms with van der Waals surface area (Å²) in [6.45, 7) is 10.9. The van der Waals surface area contributed by atoms with E-state index in [1.165, 1.54) is 10.4 Å². The van der Waals surface area contributed by atoms with Crippen LogP contribution in [0, 0.1) is 6.92 Å². The van der Waals surface area contributed by atoms with Gasteiger partial charge in [0.1, 0.15) is 0 Å². The molecule has 1 rings (SSSR count). The maximum absolute atomic E-state index is 12.0. The average Bonchev–Trinajstić information content (AvgIpc) is 2.73. The van der Waals surface area contributed by atoms with Crippen molar-refractivity contribution in [3.63, 3.8) is 0 Å². The summed E-state index contributed by atoms with van der Waals surface area (Å²) in [5.41, 5.74) is 0.741. The zero-order chi connectivity index (χ0) is 14.0. The lowest BCUT2D eigenvalue weighted by Gasteiger charge is -2.28. The molecule has 0 fully saturated rings. The summed E-state index contributed by atoms with van der Waals surface area (Å²) < 4.78 is 0. The van der Waals surface area contributed by atoms with Gasteiger partial charge in [-0.15, -0.1) is 11.3 Å². The number of thiophene rings is 1. The second-order valence-electron chi connectivity index (χ2n) is 5.87. The number of carbonyl (C=O) groups excluding carboxylic acids is 1. The van der Waals surface area contributed by atoms with E-state index in [0.717, 1.165) is 0 Å². The second kappa shape index (κ2) is 5.41. The van der Waals surface area contributed by atoms with Gasteiger partial charge in [-0.2, -0.15) is 0 Å². The van der Waals surface area contributed by atoms with Crippen molar-refractivity contribution < 1.29 is 4.79 Å². The van der Waals surface area contributed by atoms with E-state index in [0.29, 0.717) is 6.54 Å². The fourth-order valence-corrected chi connectivity index (χ4v) is 2.84. The predicted molar refractivity (Wildman–Crippen MR) is 78.2 cm³/mol. The molecule has 4 heteroatoms. The Hall–Kier alpha value is -0.870.